The van der Waals surface area contributed by atoms with Crippen LogP contribution in [0, 0.1) is 0 Å². The third-order valence-electron chi connectivity index (χ3n) is 4.90. The molecule has 0 heterocycles. The number of rotatable bonds is 6. The molecule has 8 heteroatoms. The lowest BCUT2D eigenvalue weighted by Gasteiger charge is -2.12. The van der Waals surface area contributed by atoms with Crippen molar-refractivity contribution in [3.05, 3.63) is 58.7 Å². The molecule has 0 saturated heterocycles. The van der Waals surface area contributed by atoms with E-state index in [0.29, 0.717) is 47.9 Å². The van der Waals surface area contributed by atoms with E-state index < -0.39 is 34.5 Å². The van der Waals surface area contributed by atoms with Crippen LogP contribution in [0.2, 0.25) is 0 Å². The third-order valence-corrected chi connectivity index (χ3v) is 4.90. The summed E-state index contributed by atoms with van der Waals surface area (Å²) in [5.41, 5.74) is 2.16. The van der Waals surface area contributed by atoms with Gasteiger partial charge < -0.3 is 40.9 Å². The van der Waals surface area contributed by atoms with Crippen molar-refractivity contribution in [3.63, 3.8) is 0 Å². The van der Waals surface area contributed by atoms with E-state index in [-0.39, 0.29) is 11.5 Å². The van der Waals surface area contributed by atoms with Gasteiger partial charge in [-0.25, -0.2) is 0 Å². The molecule has 3 rings (SSSR count). The summed E-state index contributed by atoms with van der Waals surface area (Å²) in [4.78, 5) is 0. The molecule has 3 aromatic carbocycles. The second kappa shape index (κ2) is 8.20. The highest BCUT2D eigenvalue weighted by molar-refractivity contribution is 5.53. The maximum absolute atomic E-state index is 10.1. The van der Waals surface area contributed by atoms with Crippen LogP contribution < -0.4 is 0 Å². The predicted molar refractivity (Wildman–Crippen MR) is 107 cm³/mol. The van der Waals surface area contributed by atoms with E-state index in [1.54, 1.807) is 6.07 Å². The van der Waals surface area contributed by atoms with Gasteiger partial charge in [-0.3, -0.25) is 0 Å². The highest BCUT2D eigenvalue weighted by Gasteiger charge is 2.13. The highest BCUT2D eigenvalue weighted by Crippen LogP contribution is 2.37. The largest absolute Gasteiger partial charge is 0.508 e. The van der Waals surface area contributed by atoms with Gasteiger partial charge in [-0.15, -0.1) is 0 Å². The van der Waals surface area contributed by atoms with Gasteiger partial charge in [-0.05, 0) is 78.3 Å². The van der Waals surface area contributed by atoms with Crippen molar-refractivity contribution in [3.8, 4) is 46.0 Å². The number of hydrogen-bond acceptors (Lipinski definition) is 8. The molecule has 8 N–H and O–H groups in total. The first kappa shape index (κ1) is 20.8. The molecule has 0 aromatic heterocycles. The first-order chi connectivity index (χ1) is 14.2. The van der Waals surface area contributed by atoms with Crippen LogP contribution in [0.5, 0.6) is 46.0 Å². The molecular weight excluding hydrogens is 392 g/mol. The lowest BCUT2D eigenvalue weighted by Crippen LogP contribution is -1.97. The SMILES string of the molecule is Oc1cc(O)c(CCc2cc(O)c(O)c(O)c2)cc1CCc1cc(O)c(O)c(O)c1. The Kier molecular flexibility index (Phi) is 5.68. The third kappa shape index (κ3) is 4.38. The van der Waals surface area contributed by atoms with Crippen molar-refractivity contribution in [2.75, 3.05) is 0 Å². The molecule has 0 amide bonds. The molecule has 0 atom stereocenters. The zero-order valence-corrected chi connectivity index (χ0v) is 15.9. The van der Waals surface area contributed by atoms with E-state index in [4.69, 9.17) is 0 Å². The molecule has 0 unspecified atom stereocenters. The predicted octanol–water partition coefficient (Wildman–Crippen LogP) is 2.90. The van der Waals surface area contributed by atoms with E-state index in [1.807, 2.05) is 0 Å². The second-order valence-electron chi connectivity index (χ2n) is 7.07. The summed E-state index contributed by atoms with van der Waals surface area (Å²) >= 11 is 0. The van der Waals surface area contributed by atoms with Crippen LogP contribution in [-0.2, 0) is 25.7 Å². The molecule has 0 fully saturated rings. The van der Waals surface area contributed by atoms with Crippen LogP contribution in [0.25, 0.3) is 0 Å². The van der Waals surface area contributed by atoms with Crippen LogP contribution >= 0.6 is 0 Å². The number of phenols is 8. The molecule has 30 heavy (non-hydrogen) atoms. The van der Waals surface area contributed by atoms with Crippen LogP contribution in [0.4, 0.5) is 0 Å². The molecule has 158 valence electrons. The average molecular weight is 414 g/mol. The quantitative estimate of drug-likeness (QED) is 0.286. The first-order valence-electron chi connectivity index (χ1n) is 9.17. The first-order valence-corrected chi connectivity index (χ1v) is 9.17. The van der Waals surface area contributed by atoms with Gasteiger partial charge in [0, 0.05) is 6.07 Å². The number of aromatic hydroxyl groups is 8. The summed E-state index contributed by atoms with van der Waals surface area (Å²) in [6, 6.07) is 8.12. The smallest absolute Gasteiger partial charge is 0.200 e. The monoisotopic (exact) mass is 414 g/mol. The maximum atomic E-state index is 10.1. The molecular formula is C22H22O8. The Hall–Kier alpha value is -3.94. The Morgan fingerprint density at radius 3 is 1.03 bits per heavy atom. The standard InChI is InChI=1S/C22H22O8/c23-15-10-16(24)14(4-2-12-7-19(27)22(30)20(28)8-12)9-13(15)3-1-11-5-17(25)21(29)18(26)6-11/h5-10,23-30H,1-4H2. The summed E-state index contributed by atoms with van der Waals surface area (Å²) in [6.45, 7) is 0. The van der Waals surface area contributed by atoms with Crippen LogP contribution in [0.3, 0.4) is 0 Å². The number of aryl methyl sites for hydroxylation is 4. The van der Waals surface area contributed by atoms with Gasteiger partial charge in [-0.2, -0.15) is 0 Å². The zero-order chi connectivity index (χ0) is 22.0. The van der Waals surface area contributed by atoms with E-state index >= 15 is 0 Å². The summed E-state index contributed by atoms with van der Waals surface area (Å²) in [6.07, 6.45) is 1.37. The Morgan fingerprint density at radius 2 is 0.700 bits per heavy atom. The Balaban J connectivity index is 1.75. The van der Waals surface area contributed by atoms with Crippen molar-refractivity contribution >= 4 is 0 Å². The average Bonchev–Trinajstić information content (AvgIpc) is 2.68. The molecule has 0 spiro atoms. The van der Waals surface area contributed by atoms with Crippen molar-refractivity contribution < 1.29 is 40.9 Å². The minimum atomic E-state index is -0.597. The molecule has 0 bridgehead atoms. The van der Waals surface area contributed by atoms with Crippen LogP contribution in [-0.4, -0.2) is 40.9 Å². The molecule has 0 saturated carbocycles. The van der Waals surface area contributed by atoms with Crippen LogP contribution in [0.15, 0.2) is 36.4 Å². The van der Waals surface area contributed by atoms with Gasteiger partial charge in [0.1, 0.15) is 11.5 Å². The molecule has 8 nitrogen and oxygen atoms in total. The van der Waals surface area contributed by atoms with Gasteiger partial charge in [0.2, 0.25) is 0 Å². The van der Waals surface area contributed by atoms with Crippen molar-refractivity contribution in [2.24, 2.45) is 0 Å². The van der Waals surface area contributed by atoms with E-state index in [2.05, 4.69) is 0 Å². The Labute approximate surface area is 171 Å². The van der Waals surface area contributed by atoms with Crippen molar-refractivity contribution in [2.45, 2.75) is 25.7 Å². The van der Waals surface area contributed by atoms with Gasteiger partial charge in [0.05, 0.1) is 0 Å². The summed E-state index contributed by atoms with van der Waals surface area (Å²) in [5.74, 6) is -3.18. The van der Waals surface area contributed by atoms with E-state index in [1.165, 1.54) is 30.3 Å². The second-order valence-corrected chi connectivity index (χ2v) is 7.07. The molecule has 3 aromatic rings. The fraction of sp³-hybridized carbons (Fsp3) is 0.182. The van der Waals surface area contributed by atoms with Gasteiger partial charge in [0.15, 0.2) is 34.5 Å². The minimum absolute atomic E-state index is 0.108. The highest BCUT2D eigenvalue weighted by atomic mass is 16.3. The summed E-state index contributed by atoms with van der Waals surface area (Å²) in [7, 11) is 0. The van der Waals surface area contributed by atoms with Crippen molar-refractivity contribution in [1.29, 1.82) is 0 Å². The molecule has 0 radical (unpaired) electrons. The van der Waals surface area contributed by atoms with Crippen molar-refractivity contribution in [1.82, 2.24) is 0 Å². The fourth-order valence-electron chi connectivity index (χ4n) is 3.24. The van der Waals surface area contributed by atoms with E-state index in [0.717, 1.165) is 0 Å². The Bertz CT molecular complexity index is 962. The molecule has 0 aliphatic rings. The summed E-state index contributed by atoms with van der Waals surface area (Å²) < 4.78 is 0. The minimum Gasteiger partial charge on any atom is -0.508 e. The van der Waals surface area contributed by atoms with E-state index in [9.17, 15) is 40.9 Å². The van der Waals surface area contributed by atoms with Gasteiger partial charge >= 0.3 is 0 Å². The normalized spacial score (nSPS) is 10.9. The number of hydrogen-bond donors (Lipinski definition) is 8. The van der Waals surface area contributed by atoms with Crippen LogP contribution in [0.1, 0.15) is 22.3 Å². The lowest BCUT2D eigenvalue weighted by molar-refractivity contribution is 0.367. The lowest BCUT2D eigenvalue weighted by atomic mass is 9.97. The zero-order valence-electron chi connectivity index (χ0n) is 15.9. The summed E-state index contributed by atoms with van der Waals surface area (Å²) in [5, 5.41) is 77.5. The fourth-order valence-corrected chi connectivity index (χ4v) is 3.24. The number of phenolic OH excluding ortho intramolecular Hbond substituents is 8. The molecule has 0 aliphatic carbocycles. The van der Waals surface area contributed by atoms with Gasteiger partial charge in [-0.1, -0.05) is 0 Å². The molecule has 0 aliphatic heterocycles. The topological polar surface area (TPSA) is 162 Å². The Morgan fingerprint density at radius 1 is 0.367 bits per heavy atom. The van der Waals surface area contributed by atoms with Gasteiger partial charge in [0.25, 0.3) is 0 Å². The maximum Gasteiger partial charge on any atom is 0.200 e. The number of benzene rings is 3.